The van der Waals surface area contributed by atoms with Gasteiger partial charge in [0.05, 0.1) is 0 Å². The Bertz CT molecular complexity index is 1290. The molecule has 45 heavy (non-hydrogen) atoms. The number of benzene rings is 2. The van der Waals surface area contributed by atoms with Gasteiger partial charge in [0.1, 0.15) is 13.2 Å². The van der Waals surface area contributed by atoms with E-state index in [0.29, 0.717) is 19.1 Å². The van der Waals surface area contributed by atoms with Crippen LogP contribution in [0.25, 0.3) is 24.3 Å². The second-order valence-electron chi connectivity index (χ2n) is 11.0. The zero-order valence-corrected chi connectivity index (χ0v) is 28.5. The van der Waals surface area contributed by atoms with Crippen LogP contribution < -0.4 is 14.0 Å². The molecule has 0 saturated heterocycles. The number of ether oxygens (including phenoxy) is 1. The first-order valence-electron chi connectivity index (χ1n) is 16.0. The van der Waals surface area contributed by atoms with Crippen LogP contribution >= 0.6 is 0 Å². The molecule has 4 heteroatoms. The molecule has 0 atom stereocenters. The maximum Gasteiger partial charge on any atom is 0.171 e. The van der Waals surface area contributed by atoms with Gasteiger partial charge in [0.15, 0.2) is 37.9 Å². The van der Waals surface area contributed by atoms with Crippen LogP contribution in [0.2, 0.25) is 0 Å². The van der Waals surface area contributed by atoms with Crippen LogP contribution in [-0.2, 0) is 17.8 Å². The van der Waals surface area contributed by atoms with E-state index in [2.05, 4.69) is 164 Å². The fourth-order valence-corrected chi connectivity index (χ4v) is 5.31. The van der Waals surface area contributed by atoms with Crippen molar-refractivity contribution in [3.8, 4) is 0 Å². The summed E-state index contributed by atoms with van der Waals surface area (Å²) in [5, 5.41) is 0. The third kappa shape index (κ3) is 11.8. The average Bonchev–Trinajstić information content (AvgIpc) is 3.06. The molecule has 0 aliphatic carbocycles. The third-order valence-corrected chi connectivity index (χ3v) is 8.17. The molecule has 0 fully saturated rings. The summed E-state index contributed by atoms with van der Waals surface area (Å²) in [6, 6.07) is 26.4. The fraction of sp³-hybridized carbons (Fsp3) is 0.317. The van der Waals surface area contributed by atoms with E-state index in [1.807, 2.05) is 0 Å². The molecular formula is C41H55N3O. The summed E-state index contributed by atoms with van der Waals surface area (Å²) in [6.07, 6.45) is 19.6. The Morgan fingerprint density at radius 2 is 0.933 bits per heavy atom. The van der Waals surface area contributed by atoms with Gasteiger partial charge in [-0.2, -0.15) is 0 Å². The quantitative estimate of drug-likeness (QED) is 0.0722. The Morgan fingerprint density at radius 3 is 1.31 bits per heavy atom. The van der Waals surface area contributed by atoms with Crippen LogP contribution in [0.5, 0.6) is 0 Å². The molecule has 0 aliphatic rings. The van der Waals surface area contributed by atoms with Crippen molar-refractivity contribution in [3.63, 3.8) is 0 Å². The van der Waals surface area contributed by atoms with E-state index < -0.39 is 0 Å². The molecule has 2 aromatic heterocycles. The topological polar surface area (TPSA) is 20.2 Å². The lowest BCUT2D eigenvalue weighted by Gasteiger charge is -2.20. The van der Waals surface area contributed by atoms with Gasteiger partial charge in [0, 0.05) is 43.0 Å². The second kappa shape index (κ2) is 20.1. The molecule has 0 spiro atoms. The van der Waals surface area contributed by atoms with Crippen LogP contribution in [-0.4, -0.2) is 26.3 Å². The first-order chi connectivity index (χ1) is 21.1. The Morgan fingerprint density at radius 1 is 0.556 bits per heavy atom. The summed E-state index contributed by atoms with van der Waals surface area (Å²) < 4.78 is 10.3. The second-order valence-corrected chi connectivity index (χ2v) is 11.0. The van der Waals surface area contributed by atoms with Gasteiger partial charge in [-0.25, -0.2) is 9.13 Å². The molecule has 0 radical (unpaired) electrons. The van der Waals surface area contributed by atoms with Crippen LogP contribution in [0.15, 0.2) is 97.6 Å². The largest absolute Gasteiger partial charge is 0.372 e. The van der Waals surface area contributed by atoms with E-state index in [1.165, 1.54) is 46.3 Å². The fourth-order valence-electron chi connectivity index (χ4n) is 5.31. The lowest BCUT2D eigenvalue weighted by Crippen LogP contribution is -2.37. The monoisotopic (exact) mass is 605 g/mol. The maximum absolute atomic E-state index is 5.92. The first-order valence-corrected chi connectivity index (χ1v) is 16.0. The highest BCUT2D eigenvalue weighted by Crippen LogP contribution is 2.23. The summed E-state index contributed by atoms with van der Waals surface area (Å²) in [5.41, 5.74) is 7.56. The van der Waals surface area contributed by atoms with Gasteiger partial charge in [0.2, 0.25) is 0 Å². The SMILES string of the molecule is CCC(CC)c1ccc(/C=C/c2cc[n+](CCOCC[n+]3ccc(/C=C/c4ccc(N(CC)CC)cc4)cc3)cc2)cc1.[CH3-].[CH3-]. The molecule has 2 heterocycles. The summed E-state index contributed by atoms with van der Waals surface area (Å²) in [5.74, 6) is 0.664. The number of hydrogen-bond acceptors (Lipinski definition) is 2. The molecule has 4 nitrogen and oxygen atoms in total. The standard InChI is InChI=1S/C39H49N3O.2CH3/c1-5-37(6-2)38-17-13-33(14-18-38)9-11-35-21-25-40(26-22-35)29-31-43-32-30-41-27-23-36(24-28-41)12-10-34-15-19-39(20-16-34)42(7-3)8-4;;/h9-28,37H,5-8,29-32H2,1-4H3;2*1H3/q+2;2*-1/b11-9+;;. The highest BCUT2D eigenvalue weighted by molar-refractivity contribution is 5.70. The highest BCUT2D eigenvalue weighted by atomic mass is 16.5. The Balaban J connectivity index is 0.00000353. The van der Waals surface area contributed by atoms with Crippen molar-refractivity contribution in [3.05, 3.63) is 140 Å². The third-order valence-electron chi connectivity index (χ3n) is 8.17. The van der Waals surface area contributed by atoms with Crippen molar-refractivity contribution in [1.82, 2.24) is 0 Å². The molecule has 240 valence electrons. The van der Waals surface area contributed by atoms with E-state index in [-0.39, 0.29) is 14.9 Å². The summed E-state index contributed by atoms with van der Waals surface area (Å²) in [4.78, 5) is 2.36. The zero-order valence-electron chi connectivity index (χ0n) is 28.5. The van der Waals surface area contributed by atoms with Crippen molar-refractivity contribution >= 4 is 30.0 Å². The molecule has 0 aliphatic heterocycles. The number of aromatic nitrogens is 2. The minimum Gasteiger partial charge on any atom is -0.372 e. The summed E-state index contributed by atoms with van der Waals surface area (Å²) in [7, 11) is 0. The molecule has 2 aromatic carbocycles. The Kier molecular flexibility index (Phi) is 16.6. The smallest absolute Gasteiger partial charge is 0.171 e. The predicted molar refractivity (Wildman–Crippen MR) is 195 cm³/mol. The average molecular weight is 606 g/mol. The van der Waals surface area contributed by atoms with Gasteiger partial charge in [0.25, 0.3) is 0 Å². The van der Waals surface area contributed by atoms with E-state index >= 15 is 0 Å². The minimum absolute atomic E-state index is 0. The maximum atomic E-state index is 5.92. The number of pyridine rings is 2. The summed E-state index contributed by atoms with van der Waals surface area (Å²) in [6.45, 7) is 14.0. The minimum atomic E-state index is 0. The number of nitrogens with zero attached hydrogens (tertiary/aromatic N) is 3. The van der Waals surface area contributed by atoms with E-state index in [1.54, 1.807) is 0 Å². The van der Waals surface area contributed by atoms with Crippen LogP contribution in [0.3, 0.4) is 0 Å². The number of rotatable bonds is 16. The van der Waals surface area contributed by atoms with Crippen LogP contribution in [0.4, 0.5) is 5.69 Å². The Labute approximate surface area is 274 Å². The van der Waals surface area contributed by atoms with Crippen molar-refractivity contribution in [2.45, 2.75) is 59.5 Å². The van der Waals surface area contributed by atoms with Crippen molar-refractivity contribution in [2.75, 3.05) is 31.2 Å². The Hall–Kier alpha value is -4.02. The van der Waals surface area contributed by atoms with Gasteiger partial charge < -0.3 is 24.5 Å². The molecule has 0 N–H and O–H groups in total. The van der Waals surface area contributed by atoms with Crippen LogP contribution in [0, 0.1) is 14.9 Å². The van der Waals surface area contributed by atoms with Crippen molar-refractivity contribution in [1.29, 1.82) is 0 Å². The predicted octanol–water partition coefficient (Wildman–Crippen LogP) is 8.97. The van der Waals surface area contributed by atoms with Crippen LogP contribution in [0.1, 0.15) is 74.3 Å². The van der Waals surface area contributed by atoms with Gasteiger partial charge in [-0.1, -0.05) is 74.5 Å². The van der Waals surface area contributed by atoms with E-state index in [0.717, 1.165) is 26.2 Å². The molecule has 0 amide bonds. The van der Waals surface area contributed by atoms with E-state index in [4.69, 9.17) is 4.74 Å². The molecule has 0 bridgehead atoms. The lowest BCUT2D eigenvalue weighted by atomic mass is 9.93. The zero-order chi connectivity index (χ0) is 30.3. The molecule has 0 unspecified atom stereocenters. The number of hydrogen-bond donors (Lipinski definition) is 0. The highest BCUT2D eigenvalue weighted by Gasteiger charge is 2.06. The molecule has 0 saturated carbocycles. The van der Waals surface area contributed by atoms with Gasteiger partial charge in [-0.05, 0) is 72.6 Å². The lowest BCUT2D eigenvalue weighted by molar-refractivity contribution is -0.705. The summed E-state index contributed by atoms with van der Waals surface area (Å²) >= 11 is 0. The van der Waals surface area contributed by atoms with Gasteiger partial charge in [-0.3, -0.25) is 0 Å². The van der Waals surface area contributed by atoms with Gasteiger partial charge >= 0.3 is 0 Å². The molecule has 4 aromatic rings. The number of anilines is 1. The molecular weight excluding hydrogens is 550 g/mol. The molecule has 4 rings (SSSR count). The van der Waals surface area contributed by atoms with Crippen molar-refractivity contribution in [2.24, 2.45) is 0 Å². The first kappa shape index (κ1) is 37.2. The normalized spacial score (nSPS) is 11.1. The van der Waals surface area contributed by atoms with E-state index in [9.17, 15) is 0 Å². The van der Waals surface area contributed by atoms with Gasteiger partial charge in [-0.15, -0.1) is 0 Å². The van der Waals surface area contributed by atoms with Crippen molar-refractivity contribution < 1.29 is 13.9 Å².